The maximum absolute atomic E-state index is 2.54. The van der Waals surface area contributed by atoms with Crippen LogP contribution in [0.15, 0.2) is 231 Å². The van der Waals surface area contributed by atoms with Gasteiger partial charge in [-0.1, -0.05) is 188 Å². The van der Waals surface area contributed by atoms with Crippen LogP contribution in [0.25, 0.3) is 54.9 Å². The lowest BCUT2D eigenvalue weighted by atomic mass is 9.91. The van der Waals surface area contributed by atoms with Gasteiger partial charge in [0.1, 0.15) is 0 Å². The molecule has 0 radical (unpaired) electrons. The van der Waals surface area contributed by atoms with E-state index in [0.29, 0.717) is 5.92 Å². The van der Waals surface area contributed by atoms with Crippen molar-refractivity contribution in [3.63, 3.8) is 0 Å². The van der Waals surface area contributed by atoms with Crippen molar-refractivity contribution in [3.05, 3.63) is 236 Å². The molecule has 0 N–H and O–H groups in total. The summed E-state index contributed by atoms with van der Waals surface area (Å²) in [5, 5.41) is 4.92. The predicted molar refractivity (Wildman–Crippen MR) is 246 cm³/mol. The van der Waals surface area contributed by atoms with Gasteiger partial charge in [0, 0.05) is 39.6 Å². The van der Waals surface area contributed by atoms with E-state index in [-0.39, 0.29) is 6.04 Å². The van der Waals surface area contributed by atoms with Crippen molar-refractivity contribution in [1.29, 1.82) is 0 Å². The molecule has 1 aliphatic carbocycles. The second-order valence-electron chi connectivity index (χ2n) is 15.2. The highest BCUT2D eigenvalue weighted by molar-refractivity contribution is 6.07. The van der Waals surface area contributed by atoms with Crippen molar-refractivity contribution in [2.75, 3.05) is 9.80 Å². The van der Waals surface area contributed by atoms with Gasteiger partial charge >= 0.3 is 0 Å². The van der Waals surface area contributed by atoms with E-state index in [1.54, 1.807) is 0 Å². The van der Waals surface area contributed by atoms with Crippen LogP contribution in [-0.2, 0) is 0 Å². The summed E-state index contributed by atoms with van der Waals surface area (Å²) in [4.78, 5) is 4.97. The van der Waals surface area contributed by atoms with Gasteiger partial charge in [0.15, 0.2) is 0 Å². The molecule has 9 aromatic carbocycles. The maximum atomic E-state index is 2.54. The van der Waals surface area contributed by atoms with Crippen LogP contribution >= 0.6 is 0 Å². The van der Waals surface area contributed by atoms with E-state index < -0.39 is 0 Å². The fraction of sp³-hybridized carbons (Fsp3) is 0.0357. The van der Waals surface area contributed by atoms with Gasteiger partial charge in [0.05, 0.1) is 11.7 Å². The Kier molecular flexibility index (Phi) is 8.33. The number of hydrogen-bond donors (Lipinski definition) is 0. The van der Waals surface area contributed by atoms with Gasteiger partial charge in [-0.05, 0) is 92.0 Å². The van der Waals surface area contributed by atoms with Gasteiger partial charge in [-0.25, -0.2) is 0 Å². The summed E-state index contributed by atoms with van der Waals surface area (Å²) in [6.45, 7) is 0. The van der Waals surface area contributed by atoms with E-state index >= 15 is 0 Å². The lowest BCUT2D eigenvalue weighted by molar-refractivity contribution is 0.745. The SMILES string of the molecule is C1=CC2c3ccccc3N(c3ccccc3-c3ccc(N(c4cccc(-c5cccc6ccccc56)c4)c4ccc(-c5ccccc5)c5ccccc45)cc3)C2C=C1. The molecule has 2 unspecified atom stereocenters. The van der Waals surface area contributed by atoms with Crippen LogP contribution in [0.4, 0.5) is 28.4 Å². The van der Waals surface area contributed by atoms with Gasteiger partial charge in [-0.15, -0.1) is 0 Å². The number of allylic oxidation sites excluding steroid dienone is 2. The Hall–Kier alpha value is -7.42. The minimum absolute atomic E-state index is 0.236. The lowest BCUT2D eigenvalue weighted by Crippen LogP contribution is -2.28. The van der Waals surface area contributed by atoms with E-state index in [9.17, 15) is 0 Å². The number of anilines is 5. The van der Waals surface area contributed by atoms with Gasteiger partial charge < -0.3 is 9.80 Å². The molecule has 0 bridgehead atoms. The molecule has 0 fully saturated rings. The number of nitrogens with zero attached hydrogens (tertiary/aromatic N) is 2. The molecular formula is C56H40N2. The third-order valence-corrected chi connectivity index (χ3v) is 12.0. The minimum atomic E-state index is 0.236. The largest absolute Gasteiger partial charge is 0.333 e. The van der Waals surface area contributed by atoms with E-state index in [1.165, 1.54) is 71.9 Å². The Morgan fingerprint density at radius 2 is 1.00 bits per heavy atom. The molecule has 0 saturated carbocycles. The van der Waals surface area contributed by atoms with Crippen molar-refractivity contribution in [3.8, 4) is 33.4 Å². The van der Waals surface area contributed by atoms with Crippen LogP contribution in [0.1, 0.15) is 11.5 Å². The number of benzene rings is 9. The zero-order valence-corrected chi connectivity index (χ0v) is 32.0. The molecule has 11 rings (SSSR count). The molecular weight excluding hydrogens is 701 g/mol. The highest BCUT2D eigenvalue weighted by atomic mass is 15.2. The van der Waals surface area contributed by atoms with Gasteiger partial charge in [-0.2, -0.15) is 0 Å². The molecule has 9 aromatic rings. The summed E-state index contributed by atoms with van der Waals surface area (Å²) in [6.07, 6.45) is 9.08. The molecule has 58 heavy (non-hydrogen) atoms. The Morgan fingerprint density at radius 3 is 1.88 bits per heavy atom. The molecule has 0 saturated heterocycles. The number of fused-ring (bicyclic) bond motifs is 5. The molecule has 0 amide bonds. The molecule has 0 aromatic heterocycles. The second kappa shape index (κ2) is 14.3. The topological polar surface area (TPSA) is 6.48 Å². The van der Waals surface area contributed by atoms with Gasteiger partial charge in [0.2, 0.25) is 0 Å². The third-order valence-electron chi connectivity index (χ3n) is 12.0. The van der Waals surface area contributed by atoms with Crippen molar-refractivity contribution < 1.29 is 0 Å². The fourth-order valence-electron chi connectivity index (χ4n) is 9.35. The Balaban J connectivity index is 1.06. The van der Waals surface area contributed by atoms with Crippen molar-refractivity contribution in [1.82, 2.24) is 0 Å². The fourth-order valence-corrected chi connectivity index (χ4v) is 9.35. The molecule has 1 aliphatic heterocycles. The second-order valence-corrected chi connectivity index (χ2v) is 15.2. The summed E-state index contributed by atoms with van der Waals surface area (Å²) in [7, 11) is 0. The maximum Gasteiger partial charge on any atom is 0.0629 e. The highest BCUT2D eigenvalue weighted by Gasteiger charge is 2.37. The Labute approximate surface area is 339 Å². The smallest absolute Gasteiger partial charge is 0.0629 e. The first-order chi connectivity index (χ1) is 28.8. The average molecular weight is 741 g/mol. The molecule has 2 aliphatic rings. The summed E-state index contributed by atoms with van der Waals surface area (Å²) in [5.41, 5.74) is 14.5. The van der Waals surface area contributed by atoms with Gasteiger partial charge in [-0.3, -0.25) is 0 Å². The van der Waals surface area contributed by atoms with Gasteiger partial charge in [0.25, 0.3) is 0 Å². The van der Waals surface area contributed by atoms with Crippen LogP contribution in [-0.4, -0.2) is 6.04 Å². The summed E-state index contributed by atoms with van der Waals surface area (Å²) < 4.78 is 0. The zero-order valence-electron chi connectivity index (χ0n) is 32.0. The van der Waals surface area contributed by atoms with Crippen molar-refractivity contribution in [2.24, 2.45) is 0 Å². The Morgan fingerprint density at radius 1 is 0.379 bits per heavy atom. The average Bonchev–Trinajstić information content (AvgIpc) is 3.64. The molecule has 2 atom stereocenters. The van der Waals surface area contributed by atoms with Crippen LogP contribution in [0.5, 0.6) is 0 Å². The summed E-state index contributed by atoms with van der Waals surface area (Å²) in [5.74, 6) is 0.331. The number of rotatable bonds is 7. The monoisotopic (exact) mass is 740 g/mol. The van der Waals surface area contributed by atoms with Crippen LogP contribution in [0.3, 0.4) is 0 Å². The zero-order chi connectivity index (χ0) is 38.4. The van der Waals surface area contributed by atoms with Crippen molar-refractivity contribution >= 4 is 50.0 Å². The molecule has 2 heteroatoms. The lowest BCUT2D eigenvalue weighted by Gasteiger charge is -2.31. The van der Waals surface area contributed by atoms with E-state index in [1.807, 2.05) is 0 Å². The standard InChI is InChI=1S/C56H40N2/c1-2-16-39(17-3-1)47-36-37-56(50-25-7-6-24-49(47)50)57(44-21-14-20-42(38-44)46-28-15-19-40-18-4-5-22-45(40)46)43-34-32-41(33-35-43)48-23-8-11-29-53(48)58-54-30-12-9-26-51(54)52-27-10-13-31-55(52)58/h1-38,51,54H. The highest BCUT2D eigenvalue weighted by Crippen LogP contribution is 2.50. The summed E-state index contributed by atoms with van der Waals surface area (Å²) >= 11 is 0. The first-order valence-corrected chi connectivity index (χ1v) is 20.2. The Bertz CT molecular complexity index is 3030. The van der Waals surface area contributed by atoms with E-state index in [4.69, 9.17) is 0 Å². The normalized spacial score (nSPS) is 15.4. The number of hydrogen-bond acceptors (Lipinski definition) is 2. The van der Waals surface area contributed by atoms with Crippen molar-refractivity contribution in [2.45, 2.75) is 12.0 Å². The third kappa shape index (κ3) is 5.73. The van der Waals surface area contributed by atoms with Crippen LogP contribution in [0.2, 0.25) is 0 Å². The van der Waals surface area contributed by atoms with Crippen LogP contribution < -0.4 is 9.80 Å². The molecule has 0 spiro atoms. The molecule has 274 valence electrons. The molecule has 1 heterocycles. The molecule has 2 nitrogen and oxygen atoms in total. The summed E-state index contributed by atoms with van der Waals surface area (Å²) in [6, 6.07) is 75.6. The predicted octanol–water partition coefficient (Wildman–Crippen LogP) is 15.2. The quantitative estimate of drug-likeness (QED) is 0.161. The first-order valence-electron chi connectivity index (χ1n) is 20.2. The number of para-hydroxylation sites is 2. The first kappa shape index (κ1) is 33.9. The van der Waals surface area contributed by atoms with E-state index in [0.717, 1.165) is 17.1 Å². The minimum Gasteiger partial charge on any atom is -0.333 e. The van der Waals surface area contributed by atoms with E-state index in [2.05, 4.69) is 240 Å². The van der Waals surface area contributed by atoms with Crippen LogP contribution in [0, 0.1) is 0 Å².